The van der Waals surface area contributed by atoms with Crippen LogP contribution in [0.5, 0.6) is 0 Å². The van der Waals surface area contributed by atoms with Gasteiger partial charge in [0.1, 0.15) is 11.9 Å². The van der Waals surface area contributed by atoms with Crippen molar-refractivity contribution in [2.75, 3.05) is 16.8 Å². The molecule has 0 spiro atoms. The molecule has 2 N–H and O–H groups in total. The van der Waals surface area contributed by atoms with Gasteiger partial charge in [-0.2, -0.15) is 0 Å². The second-order valence-corrected chi connectivity index (χ2v) is 9.13. The third-order valence-corrected chi connectivity index (χ3v) is 6.59. The van der Waals surface area contributed by atoms with Crippen molar-refractivity contribution in [1.82, 2.24) is 9.88 Å². The Morgan fingerprint density at radius 3 is 2.45 bits per heavy atom. The molecule has 1 atom stereocenters. The summed E-state index contributed by atoms with van der Waals surface area (Å²) in [6.45, 7) is 1.56. The van der Waals surface area contributed by atoms with Gasteiger partial charge in [-0.15, -0.1) is 0 Å². The Bertz CT molecular complexity index is 1530. The van der Waals surface area contributed by atoms with Gasteiger partial charge in [0.15, 0.2) is 0 Å². The van der Waals surface area contributed by atoms with Crippen LogP contribution in [0.4, 0.5) is 15.8 Å². The van der Waals surface area contributed by atoms with E-state index in [4.69, 9.17) is 0 Å². The van der Waals surface area contributed by atoms with Crippen LogP contribution in [0.15, 0.2) is 79.0 Å². The van der Waals surface area contributed by atoms with E-state index in [1.54, 1.807) is 24.3 Å². The van der Waals surface area contributed by atoms with E-state index in [0.29, 0.717) is 17.8 Å². The van der Waals surface area contributed by atoms with E-state index < -0.39 is 29.6 Å². The van der Waals surface area contributed by atoms with Gasteiger partial charge in [0.2, 0.25) is 11.8 Å². The summed E-state index contributed by atoms with van der Waals surface area (Å²) in [5, 5.41) is 3.65. The molecule has 0 saturated carbocycles. The number of amides is 4. The fourth-order valence-electron chi connectivity index (χ4n) is 4.76. The molecule has 1 saturated heterocycles. The molecule has 9 heteroatoms. The Labute approximate surface area is 218 Å². The van der Waals surface area contributed by atoms with E-state index in [2.05, 4.69) is 10.3 Å². The fraction of sp³-hybridized carbons (Fsp3) is 0.172. The molecule has 1 unspecified atom stereocenters. The Hall–Kier alpha value is -4.79. The maximum atomic E-state index is 13.6. The number of anilines is 2. The number of aromatic nitrogens is 1. The number of hydrogen-bond donors (Lipinski definition) is 2. The van der Waals surface area contributed by atoms with E-state index in [9.17, 15) is 23.6 Å². The lowest BCUT2D eigenvalue weighted by molar-refractivity contribution is -0.122. The van der Waals surface area contributed by atoms with Crippen molar-refractivity contribution in [3.63, 3.8) is 0 Å². The summed E-state index contributed by atoms with van der Waals surface area (Å²) in [6, 6.07) is 18.2. The van der Waals surface area contributed by atoms with Gasteiger partial charge in [0.05, 0.1) is 12.1 Å². The zero-order valence-electron chi connectivity index (χ0n) is 20.6. The minimum absolute atomic E-state index is 0.174. The van der Waals surface area contributed by atoms with Gasteiger partial charge in [0.25, 0.3) is 11.8 Å². The van der Waals surface area contributed by atoms with Crippen LogP contribution < -0.4 is 10.2 Å². The maximum absolute atomic E-state index is 13.6. The highest BCUT2D eigenvalue weighted by atomic mass is 19.1. The molecular weight excluding hydrogens is 487 g/mol. The summed E-state index contributed by atoms with van der Waals surface area (Å²) in [7, 11) is 0. The van der Waals surface area contributed by atoms with E-state index in [0.717, 1.165) is 21.4 Å². The average Bonchev–Trinajstić information content (AvgIpc) is 3.45. The minimum Gasteiger partial charge on any atom is -0.361 e. The molecule has 3 aromatic carbocycles. The summed E-state index contributed by atoms with van der Waals surface area (Å²) in [6.07, 6.45) is 2.14. The minimum atomic E-state index is -1.01. The van der Waals surface area contributed by atoms with Crippen molar-refractivity contribution < 1.29 is 23.6 Å². The number of aromatic amines is 1. The molecule has 1 aliphatic heterocycles. The van der Waals surface area contributed by atoms with Crippen molar-refractivity contribution >= 4 is 45.9 Å². The number of benzene rings is 3. The largest absolute Gasteiger partial charge is 0.361 e. The van der Waals surface area contributed by atoms with E-state index in [-0.39, 0.29) is 24.4 Å². The van der Waals surface area contributed by atoms with Crippen LogP contribution in [0, 0.1) is 5.82 Å². The predicted molar refractivity (Wildman–Crippen MR) is 141 cm³/mol. The molecule has 1 aliphatic rings. The van der Waals surface area contributed by atoms with Gasteiger partial charge in [-0.05, 0) is 66.6 Å². The number of nitrogens with zero attached hydrogens (tertiary/aromatic N) is 2. The Balaban J connectivity index is 1.43. The first kappa shape index (κ1) is 24.9. The summed E-state index contributed by atoms with van der Waals surface area (Å²) in [5.41, 5.74) is 3.04. The third-order valence-electron chi connectivity index (χ3n) is 6.59. The van der Waals surface area contributed by atoms with Crippen molar-refractivity contribution in [3.05, 3.63) is 95.9 Å². The molecule has 0 bridgehead atoms. The van der Waals surface area contributed by atoms with Crippen LogP contribution in [-0.2, 0) is 20.8 Å². The molecule has 4 amide bonds. The first-order chi connectivity index (χ1) is 18.3. The maximum Gasteiger partial charge on any atom is 0.257 e. The second-order valence-electron chi connectivity index (χ2n) is 9.13. The zero-order chi connectivity index (χ0) is 26.8. The SMILES string of the molecule is CC(=O)Nc1ccc(N2C(=O)CC(N(CCc3c[nH]c4ccccc34)C(=O)c3ccc(F)cc3)C2=O)cc1. The van der Waals surface area contributed by atoms with Crippen LogP contribution >= 0.6 is 0 Å². The summed E-state index contributed by atoms with van der Waals surface area (Å²) in [4.78, 5) is 57.1. The normalized spacial score (nSPS) is 15.2. The molecule has 1 fully saturated rings. The number of nitrogens with one attached hydrogen (secondary N) is 2. The predicted octanol–water partition coefficient (Wildman–Crippen LogP) is 4.28. The van der Waals surface area contributed by atoms with Gasteiger partial charge in [-0.1, -0.05) is 18.2 Å². The number of H-pyrrole nitrogens is 1. The van der Waals surface area contributed by atoms with Crippen molar-refractivity contribution in [3.8, 4) is 0 Å². The average molecular weight is 513 g/mol. The summed E-state index contributed by atoms with van der Waals surface area (Å²) in [5.74, 6) is -2.13. The highest BCUT2D eigenvalue weighted by Gasteiger charge is 2.44. The Morgan fingerprint density at radius 2 is 1.74 bits per heavy atom. The molecule has 0 aliphatic carbocycles. The van der Waals surface area contributed by atoms with Crippen molar-refractivity contribution in [2.24, 2.45) is 0 Å². The summed E-state index contributed by atoms with van der Waals surface area (Å²) >= 11 is 0. The van der Waals surface area contributed by atoms with Gasteiger partial charge in [0, 0.05) is 41.8 Å². The lowest BCUT2D eigenvalue weighted by atomic mass is 10.1. The molecule has 8 nitrogen and oxygen atoms in total. The van der Waals surface area contributed by atoms with Gasteiger partial charge < -0.3 is 15.2 Å². The number of imide groups is 1. The molecule has 4 aromatic rings. The van der Waals surface area contributed by atoms with Crippen molar-refractivity contribution in [2.45, 2.75) is 25.8 Å². The summed E-state index contributed by atoms with van der Waals surface area (Å²) < 4.78 is 13.5. The van der Waals surface area contributed by atoms with Crippen molar-refractivity contribution in [1.29, 1.82) is 0 Å². The molecule has 5 rings (SSSR count). The van der Waals surface area contributed by atoms with Gasteiger partial charge >= 0.3 is 0 Å². The number of rotatable bonds is 7. The number of para-hydroxylation sites is 1. The highest BCUT2D eigenvalue weighted by molar-refractivity contribution is 6.23. The van der Waals surface area contributed by atoms with Crippen LogP contribution in [0.1, 0.15) is 29.3 Å². The molecule has 2 heterocycles. The topological polar surface area (TPSA) is 103 Å². The molecule has 38 heavy (non-hydrogen) atoms. The van der Waals surface area contributed by atoms with Gasteiger partial charge in [-0.25, -0.2) is 9.29 Å². The molecule has 1 aromatic heterocycles. The number of hydrogen-bond acceptors (Lipinski definition) is 4. The Morgan fingerprint density at radius 1 is 1.03 bits per heavy atom. The van der Waals surface area contributed by atoms with E-state index in [1.165, 1.54) is 36.1 Å². The van der Waals surface area contributed by atoms with Crippen LogP contribution in [0.2, 0.25) is 0 Å². The zero-order valence-corrected chi connectivity index (χ0v) is 20.6. The quantitative estimate of drug-likeness (QED) is 0.361. The number of fused-ring (bicyclic) bond motifs is 1. The highest BCUT2D eigenvalue weighted by Crippen LogP contribution is 2.28. The number of carbonyl (C=O) groups excluding carboxylic acids is 4. The number of carbonyl (C=O) groups is 4. The second kappa shape index (κ2) is 10.3. The first-order valence-electron chi connectivity index (χ1n) is 12.2. The monoisotopic (exact) mass is 512 g/mol. The van der Waals surface area contributed by atoms with Crippen LogP contribution in [0.25, 0.3) is 10.9 Å². The first-order valence-corrected chi connectivity index (χ1v) is 12.2. The van der Waals surface area contributed by atoms with E-state index >= 15 is 0 Å². The van der Waals surface area contributed by atoms with Crippen LogP contribution in [0.3, 0.4) is 0 Å². The third kappa shape index (κ3) is 4.90. The van der Waals surface area contributed by atoms with E-state index in [1.807, 2.05) is 30.5 Å². The Kier molecular flexibility index (Phi) is 6.74. The molecular formula is C29H25FN4O4. The lowest BCUT2D eigenvalue weighted by Crippen LogP contribution is -2.46. The standard InChI is InChI=1S/C29H25FN4O4/c1-18(35)32-22-10-12-23(13-11-22)34-27(36)16-26(29(34)38)33(28(37)19-6-8-21(30)9-7-19)15-14-20-17-31-25-5-3-2-4-24(20)25/h2-13,17,26,31H,14-16H2,1H3,(H,32,35). The van der Waals surface area contributed by atoms with Gasteiger partial charge in [-0.3, -0.25) is 19.2 Å². The number of halogens is 1. The lowest BCUT2D eigenvalue weighted by Gasteiger charge is -2.28. The van der Waals surface area contributed by atoms with Crippen LogP contribution in [-0.4, -0.2) is 46.1 Å². The fourth-order valence-corrected chi connectivity index (χ4v) is 4.76. The smallest absolute Gasteiger partial charge is 0.257 e. The molecule has 0 radical (unpaired) electrons. The molecule has 192 valence electrons.